The summed E-state index contributed by atoms with van der Waals surface area (Å²) in [5.74, 6) is 0.466. The Bertz CT molecular complexity index is 761. The second kappa shape index (κ2) is 9.28. The highest BCUT2D eigenvalue weighted by Crippen LogP contribution is 2.30. The average Bonchev–Trinajstić information content (AvgIpc) is 2.91. The number of benzene rings is 1. The molecule has 0 spiro atoms. The lowest BCUT2D eigenvalue weighted by Gasteiger charge is -2.22. The van der Waals surface area contributed by atoms with E-state index in [1.807, 2.05) is 6.07 Å². The van der Waals surface area contributed by atoms with Crippen molar-refractivity contribution in [1.82, 2.24) is 10.2 Å². The molecule has 0 aliphatic carbocycles. The van der Waals surface area contributed by atoms with Crippen LogP contribution in [0.25, 0.3) is 0 Å². The smallest absolute Gasteiger partial charge is 0.226 e. The van der Waals surface area contributed by atoms with Crippen LogP contribution in [0.15, 0.2) is 27.0 Å². The Morgan fingerprint density at radius 3 is 2.77 bits per heavy atom. The summed E-state index contributed by atoms with van der Waals surface area (Å²) in [6, 6.07) is 5.00. The zero-order valence-corrected chi connectivity index (χ0v) is 18.5. The van der Waals surface area contributed by atoms with Crippen LogP contribution in [0.3, 0.4) is 0 Å². The van der Waals surface area contributed by atoms with E-state index in [0.29, 0.717) is 37.6 Å². The molecule has 1 aromatic carbocycles. The van der Waals surface area contributed by atoms with Gasteiger partial charge in [-0.2, -0.15) is 0 Å². The van der Waals surface area contributed by atoms with Crippen molar-refractivity contribution in [2.75, 3.05) is 5.32 Å². The molecule has 1 N–H and O–H groups in total. The number of nitrogens with zero attached hydrogens (tertiary/aromatic N) is 2. The zero-order chi connectivity index (χ0) is 19.3. The van der Waals surface area contributed by atoms with Crippen LogP contribution < -0.4 is 5.32 Å². The van der Waals surface area contributed by atoms with Gasteiger partial charge in [-0.25, -0.2) is 4.39 Å². The SMILES string of the molecule is C[C@H](CC(=O)Nc1nnc(SCc2ccc(Br)cc2F)s1)CC(C)(C)C. The van der Waals surface area contributed by atoms with E-state index in [4.69, 9.17) is 0 Å². The van der Waals surface area contributed by atoms with Crippen molar-refractivity contribution in [3.8, 4) is 0 Å². The molecule has 0 unspecified atom stereocenters. The van der Waals surface area contributed by atoms with Gasteiger partial charge in [0.15, 0.2) is 4.34 Å². The van der Waals surface area contributed by atoms with Gasteiger partial charge in [0.05, 0.1) is 0 Å². The van der Waals surface area contributed by atoms with Gasteiger partial charge < -0.3 is 5.32 Å². The Labute approximate surface area is 170 Å². The minimum atomic E-state index is -0.252. The molecule has 2 aromatic rings. The van der Waals surface area contributed by atoms with Crippen molar-refractivity contribution in [1.29, 1.82) is 0 Å². The summed E-state index contributed by atoms with van der Waals surface area (Å²) in [7, 11) is 0. The van der Waals surface area contributed by atoms with Gasteiger partial charge in [0.2, 0.25) is 11.0 Å². The molecule has 0 radical (unpaired) electrons. The van der Waals surface area contributed by atoms with Crippen LogP contribution in [0, 0.1) is 17.2 Å². The topological polar surface area (TPSA) is 54.9 Å². The summed E-state index contributed by atoms with van der Waals surface area (Å²) < 4.78 is 15.2. The van der Waals surface area contributed by atoms with Crippen molar-refractivity contribution < 1.29 is 9.18 Å². The number of anilines is 1. The standard InChI is InChI=1S/C18H23BrFN3OS2/c1-11(9-18(2,3)4)7-15(24)21-16-22-23-17(26-16)25-10-12-5-6-13(19)8-14(12)20/h5-6,8,11H,7,9-10H2,1-4H3,(H,21,22,24)/t11-/m1/s1. The maximum Gasteiger partial charge on any atom is 0.226 e. The van der Waals surface area contributed by atoms with Gasteiger partial charge in [-0.1, -0.05) is 72.8 Å². The Morgan fingerprint density at radius 1 is 1.38 bits per heavy atom. The number of nitrogens with one attached hydrogen (secondary N) is 1. The minimum absolute atomic E-state index is 0.0478. The monoisotopic (exact) mass is 459 g/mol. The Hall–Kier alpha value is -0.990. The van der Waals surface area contributed by atoms with Gasteiger partial charge in [-0.05, 0) is 35.4 Å². The highest BCUT2D eigenvalue weighted by Gasteiger charge is 2.18. The molecule has 0 bridgehead atoms. The van der Waals surface area contributed by atoms with Gasteiger partial charge in [0.1, 0.15) is 5.82 Å². The second-order valence-corrected chi connectivity index (χ2v) is 10.6. The van der Waals surface area contributed by atoms with E-state index in [1.165, 1.54) is 29.2 Å². The molecule has 1 heterocycles. The number of rotatable bonds is 7. The zero-order valence-electron chi connectivity index (χ0n) is 15.3. The summed E-state index contributed by atoms with van der Waals surface area (Å²) >= 11 is 5.95. The maximum atomic E-state index is 13.8. The van der Waals surface area contributed by atoms with Gasteiger partial charge in [0.25, 0.3) is 0 Å². The van der Waals surface area contributed by atoms with E-state index in [0.717, 1.165) is 6.42 Å². The molecule has 1 atom stereocenters. The molecule has 4 nitrogen and oxygen atoms in total. The Balaban J connectivity index is 1.84. The Morgan fingerprint density at radius 2 is 2.12 bits per heavy atom. The third-order valence-corrected chi connectivity index (χ3v) is 6.03. The maximum absolute atomic E-state index is 13.8. The highest BCUT2D eigenvalue weighted by atomic mass is 79.9. The quantitative estimate of drug-likeness (QED) is 0.399. The number of amides is 1. The van der Waals surface area contributed by atoms with Gasteiger partial charge >= 0.3 is 0 Å². The molecule has 26 heavy (non-hydrogen) atoms. The predicted molar refractivity (Wildman–Crippen MR) is 110 cm³/mol. The molecule has 0 saturated carbocycles. The van der Waals surface area contributed by atoms with Crippen LogP contribution in [0.2, 0.25) is 0 Å². The first-order valence-corrected chi connectivity index (χ1v) is 10.9. The van der Waals surface area contributed by atoms with Crippen LogP contribution >= 0.6 is 39.0 Å². The van der Waals surface area contributed by atoms with E-state index < -0.39 is 0 Å². The number of hydrogen-bond donors (Lipinski definition) is 1. The summed E-state index contributed by atoms with van der Waals surface area (Å²) in [5, 5.41) is 11.3. The molecule has 2 rings (SSSR count). The number of thioether (sulfide) groups is 1. The van der Waals surface area contributed by atoms with Crippen LogP contribution in [0.4, 0.5) is 9.52 Å². The van der Waals surface area contributed by atoms with Crippen LogP contribution in [-0.2, 0) is 10.5 Å². The molecular weight excluding hydrogens is 437 g/mol. The van der Waals surface area contributed by atoms with E-state index in [-0.39, 0.29) is 17.1 Å². The largest absolute Gasteiger partial charge is 0.300 e. The minimum Gasteiger partial charge on any atom is -0.300 e. The second-order valence-electron chi connectivity index (χ2n) is 7.52. The first kappa shape index (κ1) is 21.3. The van der Waals surface area contributed by atoms with Crippen molar-refractivity contribution in [2.45, 2.75) is 50.6 Å². The molecule has 1 amide bonds. The number of aromatic nitrogens is 2. The molecule has 0 aliphatic rings. The molecule has 0 fully saturated rings. The summed E-state index contributed by atoms with van der Waals surface area (Å²) in [6.45, 7) is 8.59. The fourth-order valence-corrected chi connectivity index (χ4v) is 4.79. The molecular formula is C18H23BrFN3OS2. The van der Waals surface area contributed by atoms with Gasteiger partial charge in [-0.15, -0.1) is 10.2 Å². The molecule has 1 aromatic heterocycles. The lowest BCUT2D eigenvalue weighted by Crippen LogP contribution is -2.18. The number of carbonyl (C=O) groups excluding carboxylic acids is 1. The lowest BCUT2D eigenvalue weighted by atomic mass is 9.84. The fraction of sp³-hybridized carbons (Fsp3) is 0.500. The van der Waals surface area contributed by atoms with E-state index in [1.54, 1.807) is 6.07 Å². The van der Waals surface area contributed by atoms with E-state index in [9.17, 15) is 9.18 Å². The summed E-state index contributed by atoms with van der Waals surface area (Å²) in [4.78, 5) is 12.1. The molecule has 8 heteroatoms. The van der Waals surface area contributed by atoms with Crippen molar-refractivity contribution in [3.63, 3.8) is 0 Å². The molecule has 0 aliphatic heterocycles. The number of hydrogen-bond acceptors (Lipinski definition) is 5. The van der Waals surface area contributed by atoms with Crippen molar-refractivity contribution in [3.05, 3.63) is 34.1 Å². The fourth-order valence-electron chi connectivity index (χ4n) is 2.70. The van der Waals surface area contributed by atoms with Crippen LogP contribution in [0.5, 0.6) is 0 Å². The molecule has 0 saturated heterocycles. The van der Waals surface area contributed by atoms with Gasteiger partial charge in [0, 0.05) is 16.6 Å². The third-order valence-electron chi connectivity index (χ3n) is 3.51. The third kappa shape index (κ3) is 7.32. The first-order valence-electron chi connectivity index (χ1n) is 8.32. The van der Waals surface area contributed by atoms with Gasteiger partial charge in [-0.3, -0.25) is 4.79 Å². The van der Waals surface area contributed by atoms with Crippen LogP contribution in [0.1, 0.15) is 46.1 Å². The number of halogens is 2. The number of carbonyl (C=O) groups is 1. The van der Waals surface area contributed by atoms with Crippen molar-refractivity contribution >= 4 is 50.1 Å². The van der Waals surface area contributed by atoms with E-state index >= 15 is 0 Å². The highest BCUT2D eigenvalue weighted by molar-refractivity contribution is 9.10. The summed E-state index contributed by atoms with van der Waals surface area (Å²) in [6.07, 6.45) is 1.44. The Kier molecular flexibility index (Phi) is 7.61. The first-order chi connectivity index (χ1) is 12.1. The normalized spacial score (nSPS) is 12.8. The summed E-state index contributed by atoms with van der Waals surface area (Å²) in [5.41, 5.74) is 0.809. The predicted octanol–water partition coefficient (Wildman–Crippen LogP) is 6.13. The van der Waals surface area contributed by atoms with Crippen molar-refractivity contribution in [2.24, 2.45) is 11.3 Å². The molecule has 142 valence electrons. The van der Waals surface area contributed by atoms with Crippen LogP contribution in [-0.4, -0.2) is 16.1 Å². The lowest BCUT2D eigenvalue weighted by molar-refractivity contribution is -0.117. The average molecular weight is 460 g/mol. The van der Waals surface area contributed by atoms with E-state index in [2.05, 4.69) is 59.1 Å².